The van der Waals surface area contributed by atoms with Crippen LogP contribution in [0.2, 0.25) is 0 Å². The number of hydrogen-bond donors (Lipinski definition) is 0. The van der Waals surface area contributed by atoms with Crippen molar-refractivity contribution >= 4 is 97.4 Å². The minimum absolute atomic E-state index is 0.00116. The lowest BCUT2D eigenvalue weighted by atomic mass is 9.30. The predicted octanol–water partition coefficient (Wildman–Crippen LogP) is 23.7. The van der Waals surface area contributed by atoms with Crippen LogP contribution in [-0.4, -0.2) is 13.4 Å². The highest BCUT2D eigenvalue weighted by Gasteiger charge is 2.52. The molecule has 4 aliphatic rings. The third-order valence-corrected chi connectivity index (χ3v) is 21.6. The van der Waals surface area contributed by atoms with E-state index in [4.69, 9.17) is 4.74 Å². The summed E-state index contributed by atoms with van der Waals surface area (Å²) in [5.41, 5.74) is 10.6. The highest BCUT2D eigenvalue weighted by molar-refractivity contribution is 7.03. The Labute approximate surface area is 659 Å². The van der Waals surface area contributed by atoms with E-state index in [1.54, 1.807) is 35.2 Å². The van der Waals surface area contributed by atoms with E-state index in [0.29, 0.717) is 67.3 Å². The van der Waals surface area contributed by atoms with E-state index in [1.165, 1.54) is 0 Å². The highest BCUT2D eigenvalue weighted by atomic mass is 16.5. The minimum atomic E-state index is -1.60. The first-order valence-corrected chi connectivity index (χ1v) is 36.9. The second kappa shape index (κ2) is 25.7. The Morgan fingerprint density at radius 3 is 1.19 bits per heavy atom. The van der Waals surface area contributed by atoms with Crippen molar-refractivity contribution in [1.29, 1.82) is 0 Å². The molecule has 6 heteroatoms. The maximum atomic E-state index is 12.4. The first-order chi connectivity index (χ1) is 59.2. The molecule has 0 spiro atoms. The maximum Gasteiger partial charge on any atom is 0.256 e. The summed E-state index contributed by atoms with van der Waals surface area (Å²) in [4.78, 5) is 5.83. The van der Waals surface area contributed by atoms with Crippen molar-refractivity contribution in [2.45, 2.75) is 78.6 Å². The van der Waals surface area contributed by atoms with Gasteiger partial charge in [0.2, 0.25) is 0 Å². The largest absolute Gasteiger partial charge is 0.459 e. The van der Waals surface area contributed by atoms with Crippen LogP contribution in [0.5, 0.6) is 11.5 Å². The molecule has 0 saturated carbocycles. The van der Waals surface area contributed by atoms with E-state index in [1.807, 2.05) is 157 Å². The second-order valence-electron chi connectivity index (χ2n) is 31.5. The SMILES string of the molecule is [2H]c1c([2H])c([2H])c2c(c1[2H])Oc1c3c(c([2H])c4c1B1c5c(cc(C(C)(C)C)cc5N4c4c(-c5ccccc5)cc(C(C)(C)C)cc4-c4ccccc4)N(c4c(-c5ccccc5)cc(C(C)(C)C)cc4-c4ccccc4)c4c([2H])c(-c5c([2H])c([2H])c([2H])c(-c6ccccc6)c5[2H])c([2H])c([2H])c41)N(c1cccc(-c4ccccc4)c1)c1c([2H])c([2H])c([2H])c([2H])c1B23. The quantitative estimate of drug-likeness (QED) is 0.127. The summed E-state index contributed by atoms with van der Waals surface area (Å²) in [6, 6.07) is 70.1. The number of benzene rings is 15. The average molecular weight is 1400 g/mol. The monoisotopic (exact) mass is 1400 g/mol. The van der Waals surface area contributed by atoms with Crippen molar-refractivity contribution in [2.75, 3.05) is 14.7 Å². The van der Waals surface area contributed by atoms with E-state index >= 15 is 0 Å². The van der Waals surface area contributed by atoms with Gasteiger partial charge in [0.25, 0.3) is 13.4 Å². The van der Waals surface area contributed by atoms with Crippen LogP contribution in [0.3, 0.4) is 0 Å². The van der Waals surface area contributed by atoms with E-state index in [2.05, 4.69) is 128 Å². The topological polar surface area (TPSA) is 19.0 Å². The van der Waals surface area contributed by atoms with Gasteiger partial charge >= 0.3 is 0 Å². The zero-order chi connectivity index (χ0) is 87.2. The highest BCUT2D eigenvalue weighted by Crippen LogP contribution is 2.57. The summed E-state index contributed by atoms with van der Waals surface area (Å²) in [5, 5.41) is 0. The Morgan fingerprint density at radius 2 is 0.676 bits per heavy atom. The van der Waals surface area contributed by atoms with Gasteiger partial charge in [-0.25, -0.2) is 0 Å². The van der Waals surface area contributed by atoms with Gasteiger partial charge in [-0.3, -0.25) is 0 Å². The number of nitrogens with zero attached hydrogens (tertiary/aromatic N) is 3. The summed E-state index contributed by atoms with van der Waals surface area (Å²) in [6.07, 6.45) is 0. The molecule has 108 heavy (non-hydrogen) atoms. The predicted molar refractivity (Wildman–Crippen MR) is 460 cm³/mol. The first kappa shape index (κ1) is 51.0. The normalized spacial score (nSPS) is 15.3. The molecule has 518 valence electrons. The van der Waals surface area contributed by atoms with Gasteiger partial charge < -0.3 is 19.4 Å². The van der Waals surface area contributed by atoms with E-state index < -0.39 is 120 Å². The van der Waals surface area contributed by atoms with Crippen molar-refractivity contribution in [3.05, 3.63) is 356 Å². The number of anilines is 9. The molecule has 0 bridgehead atoms. The molecule has 0 aromatic heterocycles. The van der Waals surface area contributed by atoms with Gasteiger partial charge in [0, 0.05) is 62.1 Å². The molecule has 0 unspecified atom stereocenters. The van der Waals surface area contributed by atoms with Gasteiger partial charge in [0.05, 0.1) is 33.3 Å². The molecule has 0 aliphatic carbocycles. The van der Waals surface area contributed by atoms with Crippen LogP contribution in [0, 0.1) is 0 Å². The molecule has 0 radical (unpaired) electrons. The number of hydrogen-bond acceptors (Lipinski definition) is 4. The van der Waals surface area contributed by atoms with Crippen LogP contribution >= 0.6 is 0 Å². The Morgan fingerprint density at radius 1 is 0.278 bits per heavy atom. The second-order valence-corrected chi connectivity index (χ2v) is 31.5. The van der Waals surface area contributed by atoms with Crippen molar-refractivity contribution in [2.24, 2.45) is 0 Å². The van der Waals surface area contributed by atoms with Crippen LogP contribution < -0.4 is 52.2 Å². The summed E-state index contributed by atoms with van der Waals surface area (Å²) in [6.45, 7) is 16.2. The summed E-state index contributed by atoms with van der Waals surface area (Å²) >= 11 is 0. The molecular weight excluding hydrogens is 1300 g/mol. The molecule has 15 aromatic carbocycles. The van der Waals surface area contributed by atoms with Crippen molar-refractivity contribution in [1.82, 2.24) is 0 Å². The molecule has 0 fully saturated rings. The Hall–Kier alpha value is -12.4. The number of ether oxygens (including phenoxy) is 1. The van der Waals surface area contributed by atoms with Crippen LogP contribution in [0.25, 0.3) is 77.9 Å². The Balaban J connectivity index is 1.10. The van der Waals surface area contributed by atoms with E-state index in [9.17, 15) is 21.9 Å². The molecule has 4 nitrogen and oxygen atoms in total. The molecular formula is C102H83B2N3O. The van der Waals surface area contributed by atoms with Crippen LogP contribution in [0.4, 0.5) is 51.2 Å². The van der Waals surface area contributed by atoms with Crippen molar-refractivity contribution in [3.63, 3.8) is 0 Å². The van der Waals surface area contributed by atoms with Gasteiger partial charge in [-0.05, 0) is 200 Å². The van der Waals surface area contributed by atoms with Crippen LogP contribution in [0.1, 0.15) is 101 Å². The zero-order valence-electron chi connectivity index (χ0n) is 77.5. The average Bonchev–Trinajstić information content (AvgIpc) is 0.658. The summed E-state index contributed by atoms with van der Waals surface area (Å²) < 4.78 is 175. The standard InChI is InChI=1S/C102H83B2N3O/c1-100(2,3)76-59-80(68-38-20-12-21-39-68)97(81(60-76)69-40-22-13-23-41-69)106-88-58-75(73-47-32-46-72(56-73)66-34-16-10-17-35-66)54-55-85(88)104-94-89(106)63-78(102(7,8)9)64-90(94)107(98-82(70-42-24-14-25-43-70)61-77(101(4,5)6)62-83(98)71-44-26-15-27-45-71)92-65-91-95-99(96(92)104)108-93-53-31-29-51-86(93)103(95)84-50-28-30-52-87(84)105(91)79-49-33-48-74(57-79)67-36-18-11-19-37-67/h10-65H,1-9H3/i28D,29D,30D,31D,32D,46D,47D,50D,51D,52D,53D,54D,55D,56D,58D,65D. The van der Waals surface area contributed by atoms with E-state index in [0.717, 1.165) is 44.5 Å². The molecule has 0 N–H and O–H groups in total. The lowest BCUT2D eigenvalue weighted by molar-refractivity contribution is 0.491. The first-order valence-electron chi connectivity index (χ1n) is 44.9. The van der Waals surface area contributed by atoms with Crippen LogP contribution in [0.15, 0.2) is 339 Å². The third-order valence-electron chi connectivity index (χ3n) is 21.6. The molecule has 0 saturated heterocycles. The van der Waals surface area contributed by atoms with Crippen molar-refractivity contribution < 1.29 is 26.7 Å². The molecule has 15 aromatic rings. The van der Waals surface area contributed by atoms with Gasteiger partial charge in [-0.15, -0.1) is 0 Å². The third kappa shape index (κ3) is 11.1. The number of fused-ring (bicyclic) bond motifs is 9. The Kier molecular flexibility index (Phi) is 12.1. The minimum Gasteiger partial charge on any atom is -0.459 e. The fourth-order valence-electron chi connectivity index (χ4n) is 16.2. The lowest BCUT2D eigenvalue weighted by Crippen LogP contribution is -2.65. The van der Waals surface area contributed by atoms with Crippen LogP contribution in [-0.2, 0) is 16.2 Å². The van der Waals surface area contributed by atoms with Gasteiger partial charge in [-0.1, -0.05) is 323 Å². The summed E-state index contributed by atoms with van der Waals surface area (Å²) in [5.74, 6) is -0.474. The fourth-order valence-corrected chi connectivity index (χ4v) is 16.2. The van der Waals surface area contributed by atoms with Crippen molar-refractivity contribution in [3.8, 4) is 89.4 Å². The summed E-state index contributed by atoms with van der Waals surface area (Å²) in [7, 11) is 0. The van der Waals surface area contributed by atoms with Gasteiger partial charge in [0.1, 0.15) is 11.5 Å². The molecule has 19 rings (SSSR count). The lowest BCUT2D eigenvalue weighted by Gasteiger charge is -2.49. The molecule has 4 heterocycles. The maximum absolute atomic E-state index is 12.4. The smallest absolute Gasteiger partial charge is 0.256 e. The van der Waals surface area contributed by atoms with Gasteiger partial charge in [0.15, 0.2) is 0 Å². The zero-order valence-corrected chi connectivity index (χ0v) is 61.5. The number of rotatable bonds is 10. The molecule has 4 aliphatic heterocycles. The number of para-hydroxylation sites is 2. The Bertz CT molecular complexity index is 6920. The molecule has 0 amide bonds. The molecule has 0 atom stereocenters. The van der Waals surface area contributed by atoms with Gasteiger partial charge in [-0.2, -0.15) is 0 Å². The fraction of sp³-hybridized carbons (Fsp3) is 0.118. The van der Waals surface area contributed by atoms with E-state index in [-0.39, 0.29) is 84.3 Å².